The zero-order valence-corrected chi connectivity index (χ0v) is 16.1. The van der Waals surface area contributed by atoms with Crippen LogP contribution in [0.2, 0.25) is 5.02 Å². The molecule has 6 heteroatoms. The molecule has 0 aliphatic carbocycles. The summed E-state index contributed by atoms with van der Waals surface area (Å²) in [5.41, 5.74) is 2.19. The zero-order valence-electron chi connectivity index (χ0n) is 15.3. The van der Waals surface area contributed by atoms with Crippen molar-refractivity contribution >= 4 is 35.1 Å². The highest BCUT2D eigenvalue weighted by Crippen LogP contribution is 2.29. The molecule has 0 saturated heterocycles. The number of fused-ring (bicyclic) bond motifs is 1. The summed E-state index contributed by atoms with van der Waals surface area (Å²) in [6.07, 6.45) is 0.769. The third-order valence-corrected chi connectivity index (χ3v) is 4.90. The highest BCUT2D eigenvalue weighted by molar-refractivity contribution is 6.34. The van der Waals surface area contributed by atoms with E-state index in [-0.39, 0.29) is 24.2 Å². The minimum absolute atomic E-state index is 0.224. The molecule has 4 rings (SSSR count). The average Bonchev–Trinajstić information content (AvgIpc) is 2.99. The van der Waals surface area contributed by atoms with Crippen molar-refractivity contribution in [2.45, 2.75) is 12.8 Å². The van der Waals surface area contributed by atoms with Crippen molar-refractivity contribution in [3.63, 3.8) is 0 Å². The Labute approximate surface area is 172 Å². The smallest absolute Gasteiger partial charge is 0.311 e. The number of amides is 2. The predicted octanol–water partition coefficient (Wildman–Crippen LogP) is 4.68. The van der Waals surface area contributed by atoms with Gasteiger partial charge >= 0.3 is 5.97 Å². The number of anilines is 1. The molecule has 5 nitrogen and oxygen atoms in total. The van der Waals surface area contributed by atoms with E-state index in [4.69, 9.17) is 16.3 Å². The van der Waals surface area contributed by atoms with E-state index < -0.39 is 0 Å². The van der Waals surface area contributed by atoms with Crippen LogP contribution in [0.1, 0.15) is 32.7 Å². The van der Waals surface area contributed by atoms with Crippen LogP contribution in [0.5, 0.6) is 5.75 Å². The highest BCUT2D eigenvalue weighted by atomic mass is 35.5. The van der Waals surface area contributed by atoms with E-state index in [0.717, 1.165) is 10.5 Å². The van der Waals surface area contributed by atoms with Crippen molar-refractivity contribution in [2.75, 3.05) is 4.90 Å². The van der Waals surface area contributed by atoms with Gasteiger partial charge in [-0.1, -0.05) is 35.9 Å². The summed E-state index contributed by atoms with van der Waals surface area (Å²) in [7, 11) is 0. The van der Waals surface area contributed by atoms with Gasteiger partial charge in [0.25, 0.3) is 11.8 Å². The number of nitrogens with zero attached hydrogens (tertiary/aromatic N) is 1. The molecule has 3 aromatic rings. The van der Waals surface area contributed by atoms with Gasteiger partial charge < -0.3 is 4.74 Å². The lowest BCUT2D eigenvalue weighted by atomic mass is 10.1. The van der Waals surface area contributed by atoms with E-state index in [1.54, 1.807) is 60.7 Å². The van der Waals surface area contributed by atoms with Crippen molar-refractivity contribution in [3.05, 3.63) is 94.5 Å². The van der Waals surface area contributed by atoms with E-state index >= 15 is 0 Å². The molecule has 144 valence electrons. The number of imide groups is 1. The van der Waals surface area contributed by atoms with Gasteiger partial charge in [-0.25, -0.2) is 4.90 Å². The van der Waals surface area contributed by atoms with Gasteiger partial charge in [-0.15, -0.1) is 0 Å². The van der Waals surface area contributed by atoms with Gasteiger partial charge in [-0.3, -0.25) is 14.4 Å². The maximum atomic E-state index is 12.5. The first-order valence-corrected chi connectivity index (χ1v) is 9.44. The number of carbonyl (C=O) groups excluding carboxylic acids is 3. The van der Waals surface area contributed by atoms with E-state index in [1.165, 1.54) is 0 Å². The number of ether oxygens (including phenoxy) is 1. The number of carbonyl (C=O) groups is 3. The lowest BCUT2D eigenvalue weighted by Gasteiger charge is -2.14. The lowest BCUT2D eigenvalue weighted by molar-refractivity contribution is -0.134. The fourth-order valence-electron chi connectivity index (χ4n) is 3.17. The molecule has 0 saturated carbocycles. The number of esters is 1. The maximum absolute atomic E-state index is 12.5. The van der Waals surface area contributed by atoms with E-state index in [2.05, 4.69) is 0 Å². The number of halogens is 1. The number of rotatable bonds is 5. The second-order valence-corrected chi connectivity index (χ2v) is 7.02. The van der Waals surface area contributed by atoms with Gasteiger partial charge in [-0.2, -0.15) is 0 Å². The summed E-state index contributed by atoms with van der Waals surface area (Å²) in [5.74, 6) is -0.739. The van der Waals surface area contributed by atoms with Crippen LogP contribution < -0.4 is 9.64 Å². The Balaban J connectivity index is 1.39. The highest BCUT2D eigenvalue weighted by Gasteiger charge is 2.36. The molecule has 0 radical (unpaired) electrons. The summed E-state index contributed by atoms with van der Waals surface area (Å²) in [4.78, 5) is 38.2. The Morgan fingerprint density at radius 2 is 1.41 bits per heavy atom. The molecule has 2 amide bonds. The van der Waals surface area contributed by atoms with Crippen molar-refractivity contribution in [1.82, 2.24) is 0 Å². The third-order valence-electron chi connectivity index (χ3n) is 4.65. The van der Waals surface area contributed by atoms with Crippen molar-refractivity contribution in [3.8, 4) is 5.75 Å². The fourth-order valence-corrected chi connectivity index (χ4v) is 3.29. The molecule has 0 N–H and O–H groups in total. The molecule has 29 heavy (non-hydrogen) atoms. The molecule has 0 atom stereocenters. The molecule has 3 aromatic carbocycles. The minimum atomic E-state index is -0.367. The molecule has 0 fully saturated rings. The Kier molecular flexibility index (Phi) is 5.14. The molecule has 1 aliphatic heterocycles. The third kappa shape index (κ3) is 3.91. The van der Waals surface area contributed by atoms with Gasteiger partial charge in [0.2, 0.25) is 0 Å². The van der Waals surface area contributed by atoms with Crippen LogP contribution in [0.3, 0.4) is 0 Å². The molecule has 0 spiro atoms. The van der Waals surface area contributed by atoms with E-state index in [9.17, 15) is 14.4 Å². The fraction of sp³-hybridized carbons (Fsp3) is 0.0870. The SMILES string of the molecule is O=C(CCc1ccc(Cl)cc1)Oc1ccc(N2C(=O)c3ccccc3C2=O)cc1. The Hall–Kier alpha value is -3.44. The Morgan fingerprint density at radius 1 is 0.828 bits per heavy atom. The van der Waals surface area contributed by atoms with Gasteiger partial charge in [-0.05, 0) is 60.5 Å². The van der Waals surface area contributed by atoms with E-state index in [1.807, 2.05) is 12.1 Å². The Morgan fingerprint density at radius 3 is 2.00 bits per heavy atom. The molecule has 1 aliphatic rings. The van der Waals surface area contributed by atoms with Gasteiger partial charge in [0.1, 0.15) is 5.75 Å². The Bertz CT molecular complexity index is 1060. The molecular weight excluding hydrogens is 390 g/mol. The van der Waals surface area contributed by atoms with Crippen LogP contribution in [-0.4, -0.2) is 17.8 Å². The average molecular weight is 406 g/mol. The predicted molar refractivity (Wildman–Crippen MR) is 109 cm³/mol. The molecular formula is C23H16ClNO4. The first kappa shape index (κ1) is 18.9. The molecule has 0 unspecified atom stereocenters. The normalized spacial score (nSPS) is 12.8. The van der Waals surface area contributed by atoms with Crippen LogP contribution in [0.4, 0.5) is 5.69 Å². The number of aryl methyl sites for hydroxylation is 1. The van der Waals surface area contributed by atoms with Crippen LogP contribution in [0.15, 0.2) is 72.8 Å². The lowest BCUT2D eigenvalue weighted by Crippen LogP contribution is -2.29. The van der Waals surface area contributed by atoms with Gasteiger partial charge in [0.05, 0.1) is 16.8 Å². The minimum Gasteiger partial charge on any atom is -0.427 e. The first-order chi connectivity index (χ1) is 14.0. The largest absolute Gasteiger partial charge is 0.427 e. The topological polar surface area (TPSA) is 63.7 Å². The van der Waals surface area contributed by atoms with Gasteiger partial charge in [0.15, 0.2) is 0 Å². The zero-order chi connectivity index (χ0) is 20.4. The summed E-state index contributed by atoms with van der Waals surface area (Å²) < 4.78 is 5.34. The van der Waals surface area contributed by atoms with E-state index in [0.29, 0.717) is 34.0 Å². The second kappa shape index (κ2) is 7.89. The quantitative estimate of drug-likeness (QED) is 0.351. The van der Waals surface area contributed by atoms with Crippen molar-refractivity contribution in [1.29, 1.82) is 0 Å². The van der Waals surface area contributed by atoms with Crippen molar-refractivity contribution in [2.24, 2.45) is 0 Å². The summed E-state index contributed by atoms with van der Waals surface area (Å²) in [6, 6.07) is 20.3. The second-order valence-electron chi connectivity index (χ2n) is 6.59. The van der Waals surface area contributed by atoms with Gasteiger partial charge in [0, 0.05) is 11.4 Å². The number of hydrogen-bond acceptors (Lipinski definition) is 4. The molecule has 0 aromatic heterocycles. The van der Waals surface area contributed by atoms with Crippen LogP contribution in [-0.2, 0) is 11.2 Å². The number of hydrogen-bond donors (Lipinski definition) is 0. The summed E-state index contributed by atoms with van der Waals surface area (Å²) in [6.45, 7) is 0. The molecule has 1 heterocycles. The summed E-state index contributed by atoms with van der Waals surface area (Å²) in [5, 5.41) is 0.648. The van der Waals surface area contributed by atoms with Crippen molar-refractivity contribution < 1.29 is 19.1 Å². The first-order valence-electron chi connectivity index (χ1n) is 9.06. The van der Waals surface area contributed by atoms with Crippen LogP contribution in [0.25, 0.3) is 0 Å². The number of benzene rings is 3. The van der Waals surface area contributed by atoms with Crippen LogP contribution >= 0.6 is 11.6 Å². The monoisotopic (exact) mass is 405 g/mol. The van der Waals surface area contributed by atoms with Crippen LogP contribution in [0, 0.1) is 0 Å². The summed E-state index contributed by atoms with van der Waals surface area (Å²) >= 11 is 5.85. The maximum Gasteiger partial charge on any atom is 0.311 e. The standard InChI is InChI=1S/C23H16ClNO4/c24-16-8-5-15(6-9-16)7-14-21(26)29-18-12-10-17(11-13-18)25-22(27)19-3-1-2-4-20(19)23(25)28/h1-6,8-13H,7,14H2. The molecule has 0 bridgehead atoms.